The smallest absolute Gasteiger partial charge is 0.257 e. The van der Waals surface area contributed by atoms with Gasteiger partial charge in [0.15, 0.2) is 5.82 Å². The summed E-state index contributed by atoms with van der Waals surface area (Å²) in [5, 5.41) is 6.62. The van der Waals surface area contributed by atoms with E-state index in [1.807, 2.05) is 24.3 Å². The molecule has 100 valence electrons. The maximum atomic E-state index is 11.7. The predicted molar refractivity (Wildman–Crippen MR) is 72.6 cm³/mol. The molecule has 2 aromatic rings. The number of benzene rings is 1. The Kier molecular flexibility index (Phi) is 4.28. The van der Waals surface area contributed by atoms with E-state index in [4.69, 9.17) is 4.52 Å². The van der Waals surface area contributed by atoms with Gasteiger partial charge in [0.2, 0.25) is 5.91 Å². The first-order chi connectivity index (χ1) is 9.19. The second kappa shape index (κ2) is 6.13. The number of hydrogen-bond donors (Lipinski definition) is 1. The van der Waals surface area contributed by atoms with E-state index >= 15 is 0 Å². The SMILES string of the molecule is CCCCC(=O)Nc1cccc(-c2nc(C)no2)c1. The topological polar surface area (TPSA) is 68.0 Å². The minimum atomic E-state index is 0.0284. The van der Waals surface area contributed by atoms with Gasteiger partial charge in [-0.2, -0.15) is 4.98 Å². The van der Waals surface area contributed by atoms with Crippen molar-refractivity contribution in [3.63, 3.8) is 0 Å². The van der Waals surface area contributed by atoms with Crippen LogP contribution < -0.4 is 5.32 Å². The second-order valence-electron chi connectivity index (χ2n) is 4.38. The average Bonchev–Trinajstić information content (AvgIpc) is 2.83. The van der Waals surface area contributed by atoms with Crippen LogP contribution in [0.1, 0.15) is 32.0 Å². The summed E-state index contributed by atoms with van der Waals surface area (Å²) in [5.41, 5.74) is 1.54. The Labute approximate surface area is 112 Å². The van der Waals surface area contributed by atoms with Crippen molar-refractivity contribution in [1.82, 2.24) is 10.1 Å². The summed E-state index contributed by atoms with van der Waals surface area (Å²) < 4.78 is 5.10. The number of unbranched alkanes of at least 4 members (excludes halogenated alkanes) is 1. The van der Waals surface area contributed by atoms with E-state index in [2.05, 4.69) is 22.4 Å². The van der Waals surface area contributed by atoms with Crippen LogP contribution in [0.4, 0.5) is 5.69 Å². The van der Waals surface area contributed by atoms with Crippen LogP contribution in [0, 0.1) is 6.92 Å². The lowest BCUT2D eigenvalue weighted by atomic mass is 10.2. The number of anilines is 1. The van der Waals surface area contributed by atoms with Crippen LogP contribution in [-0.4, -0.2) is 16.0 Å². The summed E-state index contributed by atoms with van der Waals surface area (Å²) in [6.45, 7) is 3.83. The quantitative estimate of drug-likeness (QED) is 0.895. The van der Waals surface area contributed by atoms with Crippen molar-refractivity contribution in [2.75, 3.05) is 5.32 Å². The number of aryl methyl sites for hydroxylation is 1. The van der Waals surface area contributed by atoms with E-state index in [1.165, 1.54) is 0 Å². The Balaban J connectivity index is 2.09. The fraction of sp³-hybridized carbons (Fsp3) is 0.357. The molecule has 5 nitrogen and oxygen atoms in total. The van der Waals surface area contributed by atoms with E-state index in [0.717, 1.165) is 24.1 Å². The number of nitrogens with zero attached hydrogens (tertiary/aromatic N) is 2. The molecular formula is C14H17N3O2. The first-order valence-electron chi connectivity index (χ1n) is 6.39. The molecule has 1 heterocycles. The zero-order valence-corrected chi connectivity index (χ0v) is 11.1. The second-order valence-corrected chi connectivity index (χ2v) is 4.38. The first-order valence-corrected chi connectivity index (χ1v) is 6.39. The van der Waals surface area contributed by atoms with E-state index < -0.39 is 0 Å². The Morgan fingerprint density at radius 1 is 1.42 bits per heavy atom. The minimum absolute atomic E-state index is 0.0284. The van der Waals surface area contributed by atoms with Crippen LogP contribution in [0.2, 0.25) is 0 Å². The van der Waals surface area contributed by atoms with Crippen molar-refractivity contribution in [3.8, 4) is 11.5 Å². The fourth-order valence-electron chi connectivity index (χ4n) is 1.71. The molecule has 1 amide bonds. The van der Waals surface area contributed by atoms with Crippen molar-refractivity contribution < 1.29 is 9.32 Å². The lowest BCUT2D eigenvalue weighted by Crippen LogP contribution is -2.10. The van der Waals surface area contributed by atoms with E-state index in [0.29, 0.717) is 18.1 Å². The number of carbonyl (C=O) groups is 1. The Morgan fingerprint density at radius 2 is 2.26 bits per heavy atom. The standard InChI is InChI=1S/C14H17N3O2/c1-3-4-8-13(18)16-12-7-5-6-11(9-12)14-15-10(2)17-19-14/h5-7,9H,3-4,8H2,1-2H3,(H,16,18). The molecule has 0 unspecified atom stereocenters. The molecule has 1 N–H and O–H groups in total. The average molecular weight is 259 g/mol. The lowest BCUT2D eigenvalue weighted by molar-refractivity contribution is -0.116. The highest BCUT2D eigenvalue weighted by Gasteiger charge is 2.08. The molecule has 0 aliphatic rings. The molecule has 0 atom stereocenters. The van der Waals surface area contributed by atoms with Gasteiger partial charge in [-0.3, -0.25) is 4.79 Å². The van der Waals surface area contributed by atoms with Gasteiger partial charge < -0.3 is 9.84 Å². The van der Waals surface area contributed by atoms with Crippen molar-refractivity contribution in [2.24, 2.45) is 0 Å². The largest absolute Gasteiger partial charge is 0.334 e. The van der Waals surface area contributed by atoms with Gasteiger partial charge in [0.1, 0.15) is 0 Å². The maximum Gasteiger partial charge on any atom is 0.257 e. The third kappa shape index (κ3) is 3.64. The number of carbonyl (C=O) groups excluding carboxylic acids is 1. The molecule has 0 spiro atoms. The molecule has 0 aliphatic carbocycles. The van der Waals surface area contributed by atoms with E-state index in [1.54, 1.807) is 6.92 Å². The van der Waals surface area contributed by atoms with Crippen LogP contribution in [0.25, 0.3) is 11.5 Å². The zero-order chi connectivity index (χ0) is 13.7. The van der Waals surface area contributed by atoms with Gasteiger partial charge in [-0.25, -0.2) is 0 Å². The van der Waals surface area contributed by atoms with Crippen LogP contribution in [-0.2, 0) is 4.79 Å². The Morgan fingerprint density at radius 3 is 2.95 bits per heavy atom. The van der Waals surface area contributed by atoms with Gasteiger partial charge >= 0.3 is 0 Å². The summed E-state index contributed by atoms with van der Waals surface area (Å²) in [4.78, 5) is 15.8. The maximum absolute atomic E-state index is 11.7. The summed E-state index contributed by atoms with van der Waals surface area (Å²) in [6.07, 6.45) is 2.45. The number of amides is 1. The molecule has 0 aliphatic heterocycles. The van der Waals surface area contributed by atoms with Crippen molar-refractivity contribution >= 4 is 11.6 Å². The summed E-state index contributed by atoms with van der Waals surface area (Å²) in [5.74, 6) is 1.08. The van der Waals surface area contributed by atoms with Gasteiger partial charge in [0.25, 0.3) is 5.89 Å². The minimum Gasteiger partial charge on any atom is -0.334 e. The number of nitrogens with one attached hydrogen (secondary N) is 1. The van der Waals surface area contributed by atoms with Gasteiger partial charge in [-0.05, 0) is 31.5 Å². The molecule has 1 aromatic carbocycles. The van der Waals surface area contributed by atoms with Gasteiger partial charge in [-0.15, -0.1) is 0 Å². The molecule has 5 heteroatoms. The molecule has 0 saturated heterocycles. The Bertz CT molecular complexity index is 563. The first kappa shape index (κ1) is 13.3. The van der Waals surface area contributed by atoms with E-state index in [-0.39, 0.29) is 5.91 Å². The highest BCUT2D eigenvalue weighted by molar-refractivity contribution is 5.91. The molecular weight excluding hydrogens is 242 g/mol. The van der Waals surface area contributed by atoms with Crippen LogP contribution in [0.15, 0.2) is 28.8 Å². The van der Waals surface area contributed by atoms with Crippen molar-refractivity contribution in [1.29, 1.82) is 0 Å². The molecule has 0 saturated carbocycles. The van der Waals surface area contributed by atoms with E-state index in [9.17, 15) is 4.79 Å². The highest BCUT2D eigenvalue weighted by atomic mass is 16.5. The van der Waals surface area contributed by atoms with Gasteiger partial charge in [0, 0.05) is 17.7 Å². The zero-order valence-electron chi connectivity index (χ0n) is 11.1. The number of hydrogen-bond acceptors (Lipinski definition) is 4. The summed E-state index contributed by atoms with van der Waals surface area (Å²) >= 11 is 0. The van der Waals surface area contributed by atoms with Crippen LogP contribution in [0.3, 0.4) is 0 Å². The lowest BCUT2D eigenvalue weighted by Gasteiger charge is -2.05. The molecule has 2 rings (SSSR count). The Hall–Kier alpha value is -2.17. The molecule has 0 fully saturated rings. The highest BCUT2D eigenvalue weighted by Crippen LogP contribution is 2.21. The van der Waals surface area contributed by atoms with Crippen molar-refractivity contribution in [3.05, 3.63) is 30.1 Å². The van der Waals surface area contributed by atoms with Gasteiger partial charge in [-0.1, -0.05) is 24.6 Å². The van der Waals surface area contributed by atoms with Crippen molar-refractivity contribution in [2.45, 2.75) is 33.1 Å². The molecule has 0 radical (unpaired) electrons. The summed E-state index contributed by atoms with van der Waals surface area (Å²) in [7, 11) is 0. The fourth-order valence-corrected chi connectivity index (χ4v) is 1.71. The molecule has 19 heavy (non-hydrogen) atoms. The van der Waals surface area contributed by atoms with Crippen LogP contribution >= 0.6 is 0 Å². The number of aromatic nitrogens is 2. The monoisotopic (exact) mass is 259 g/mol. The molecule has 0 bridgehead atoms. The third-order valence-corrected chi connectivity index (χ3v) is 2.68. The summed E-state index contributed by atoms with van der Waals surface area (Å²) in [6, 6.07) is 7.40. The third-order valence-electron chi connectivity index (χ3n) is 2.68. The molecule has 1 aromatic heterocycles. The van der Waals surface area contributed by atoms with Gasteiger partial charge in [0.05, 0.1) is 0 Å². The normalized spacial score (nSPS) is 10.4. The predicted octanol–water partition coefficient (Wildman–Crippen LogP) is 3.17. The van der Waals surface area contributed by atoms with Crippen LogP contribution in [0.5, 0.6) is 0 Å². The number of rotatable bonds is 5.